The van der Waals surface area contributed by atoms with E-state index in [9.17, 15) is 13.6 Å². The van der Waals surface area contributed by atoms with Crippen molar-refractivity contribution in [2.45, 2.75) is 18.8 Å². The number of halogens is 2. The van der Waals surface area contributed by atoms with Crippen LogP contribution in [0.4, 0.5) is 8.78 Å². The molecule has 2 unspecified atom stereocenters. The topological polar surface area (TPSA) is 48.4 Å². The third-order valence-electron chi connectivity index (χ3n) is 5.24. The zero-order valence-corrected chi connectivity index (χ0v) is 11.3. The van der Waals surface area contributed by atoms with E-state index < -0.39 is 23.2 Å². The van der Waals surface area contributed by atoms with Crippen LogP contribution in [0.1, 0.15) is 12.8 Å². The van der Waals surface area contributed by atoms with E-state index in [-0.39, 0.29) is 25.0 Å². The smallest absolute Gasteiger partial charge is 0.318 e. The summed E-state index contributed by atoms with van der Waals surface area (Å²) in [5.41, 5.74) is -1.51. The van der Waals surface area contributed by atoms with Gasteiger partial charge in [-0.15, -0.1) is 0 Å². The van der Waals surface area contributed by atoms with Gasteiger partial charge >= 0.3 is 5.97 Å². The zero-order valence-electron chi connectivity index (χ0n) is 11.3. The van der Waals surface area contributed by atoms with Gasteiger partial charge in [0.2, 0.25) is 0 Å². The van der Waals surface area contributed by atoms with Gasteiger partial charge in [-0.2, -0.15) is 0 Å². The molecule has 112 valence electrons. The van der Waals surface area contributed by atoms with E-state index in [0.717, 1.165) is 0 Å². The Bertz CT molecular complexity index is 566. The molecule has 4 aliphatic rings. The molecule has 0 saturated heterocycles. The van der Waals surface area contributed by atoms with E-state index in [1.165, 1.54) is 6.20 Å². The van der Waals surface area contributed by atoms with Gasteiger partial charge < -0.3 is 9.47 Å². The molecule has 0 amide bonds. The fourth-order valence-corrected chi connectivity index (χ4v) is 4.36. The van der Waals surface area contributed by atoms with Crippen molar-refractivity contribution in [1.29, 1.82) is 0 Å². The summed E-state index contributed by atoms with van der Waals surface area (Å²) in [5.74, 6) is -4.01. The van der Waals surface area contributed by atoms with Crippen LogP contribution in [0.3, 0.4) is 0 Å². The lowest BCUT2D eigenvalue weighted by Crippen LogP contribution is -2.37. The lowest BCUT2D eigenvalue weighted by atomic mass is 9.99. The monoisotopic (exact) mass is 295 g/mol. The van der Waals surface area contributed by atoms with Gasteiger partial charge in [-0.1, -0.05) is 0 Å². The average Bonchev–Trinajstić information content (AvgIpc) is 2.74. The largest absolute Gasteiger partial charge is 0.488 e. The maximum absolute atomic E-state index is 14.2. The number of nitrogens with zero attached hydrogens (tertiary/aromatic N) is 1. The molecule has 0 radical (unpaired) electrons. The number of carbonyl (C=O) groups excluding carboxylic acids is 1. The van der Waals surface area contributed by atoms with Gasteiger partial charge in [-0.3, -0.25) is 9.78 Å². The van der Waals surface area contributed by atoms with Gasteiger partial charge in [0, 0.05) is 12.1 Å². The standard InChI is InChI=1S/C15H15F2NO3/c16-15(17)9-6-11-12(7-9)14(11,15)13(19)21-5-4-20-10-2-1-3-18-8-10/h1-3,8-9,11-12H,4-7H2. The number of carbonyl (C=O) groups is 1. The van der Waals surface area contributed by atoms with Gasteiger partial charge in [0.15, 0.2) is 0 Å². The van der Waals surface area contributed by atoms with Gasteiger partial charge in [-0.05, 0) is 36.8 Å². The number of ether oxygens (including phenoxy) is 2. The predicted molar refractivity (Wildman–Crippen MR) is 67.8 cm³/mol. The number of alkyl halides is 2. The quantitative estimate of drug-likeness (QED) is 0.618. The Morgan fingerprint density at radius 1 is 1.33 bits per heavy atom. The number of hydrogen-bond acceptors (Lipinski definition) is 4. The Morgan fingerprint density at radius 2 is 2.10 bits per heavy atom. The molecule has 4 nitrogen and oxygen atoms in total. The van der Waals surface area contributed by atoms with Gasteiger partial charge in [0.25, 0.3) is 5.92 Å². The first kappa shape index (κ1) is 13.0. The molecule has 0 N–H and O–H groups in total. The Labute approximate surface area is 120 Å². The Kier molecular flexibility index (Phi) is 2.56. The maximum atomic E-state index is 14.2. The van der Waals surface area contributed by atoms with Crippen LogP contribution in [0.25, 0.3) is 0 Å². The van der Waals surface area contributed by atoms with Crippen LogP contribution < -0.4 is 4.74 Å². The van der Waals surface area contributed by atoms with Crippen LogP contribution in [0.5, 0.6) is 5.75 Å². The molecule has 1 aromatic rings. The van der Waals surface area contributed by atoms with Crippen molar-refractivity contribution in [2.24, 2.45) is 23.2 Å². The van der Waals surface area contributed by atoms with E-state index >= 15 is 0 Å². The Morgan fingerprint density at radius 3 is 2.67 bits per heavy atom. The molecule has 0 aromatic carbocycles. The highest BCUT2D eigenvalue weighted by Crippen LogP contribution is 2.84. The molecular formula is C15H15F2NO3. The van der Waals surface area contributed by atoms with Crippen molar-refractivity contribution < 1.29 is 23.0 Å². The third kappa shape index (κ3) is 1.53. The van der Waals surface area contributed by atoms with E-state index in [1.807, 2.05) is 0 Å². The van der Waals surface area contributed by atoms with Crippen molar-refractivity contribution in [2.75, 3.05) is 13.2 Å². The van der Waals surface area contributed by atoms with E-state index in [2.05, 4.69) is 4.98 Å². The van der Waals surface area contributed by atoms with Crippen LogP contribution in [0.15, 0.2) is 24.5 Å². The Hall–Kier alpha value is -1.72. The highest BCUT2D eigenvalue weighted by Gasteiger charge is 2.92. The minimum Gasteiger partial charge on any atom is -0.488 e. The second kappa shape index (κ2) is 4.15. The fourth-order valence-electron chi connectivity index (χ4n) is 4.36. The SMILES string of the molecule is O=C(OCCOc1cccnc1)C12C3CC(CC31)C2(F)F. The van der Waals surface area contributed by atoms with Crippen molar-refractivity contribution in [3.05, 3.63) is 24.5 Å². The van der Waals surface area contributed by atoms with E-state index in [4.69, 9.17) is 9.47 Å². The summed E-state index contributed by atoms with van der Waals surface area (Å²) in [6.07, 6.45) is 4.10. The average molecular weight is 295 g/mol. The minimum absolute atomic E-state index is 0.0182. The maximum Gasteiger partial charge on any atom is 0.318 e. The zero-order chi connectivity index (χ0) is 14.7. The lowest BCUT2D eigenvalue weighted by Gasteiger charge is -2.21. The molecule has 4 aliphatic carbocycles. The summed E-state index contributed by atoms with van der Waals surface area (Å²) in [5, 5.41) is 0. The van der Waals surface area contributed by atoms with Crippen LogP contribution in [-0.4, -0.2) is 30.1 Å². The summed E-state index contributed by atoms with van der Waals surface area (Å²) in [7, 11) is 0. The molecule has 2 atom stereocenters. The van der Waals surface area contributed by atoms with Crippen molar-refractivity contribution in [1.82, 2.24) is 4.98 Å². The highest BCUT2D eigenvalue weighted by molar-refractivity contribution is 5.85. The first-order valence-corrected chi connectivity index (χ1v) is 7.16. The van der Waals surface area contributed by atoms with E-state index in [1.54, 1.807) is 18.3 Å². The summed E-state index contributed by atoms with van der Waals surface area (Å²) < 4.78 is 38.7. The molecule has 1 heterocycles. The minimum atomic E-state index is -2.89. The number of rotatable bonds is 5. The third-order valence-corrected chi connectivity index (χ3v) is 5.24. The molecule has 21 heavy (non-hydrogen) atoms. The van der Waals surface area contributed by atoms with Crippen molar-refractivity contribution in [3.63, 3.8) is 0 Å². The predicted octanol–water partition coefficient (Wildman–Crippen LogP) is 2.29. The molecule has 1 aromatic heterocycles. The molecule has 4 bridgehead atoms. The normalized spacial score (nSPS) is 37.3. The summed E-state index contributed by atoms with van der Waals surface area (Å²) in [6, 6.07) is 3.45. The summed E-state index contributed by atoms with van der Waals surface area (Å²) in [6.45, 7) is 0.119. The molecular weight excluding hydrogens is 280 g/mol. The van der Waals surface area contributed by atoms with Crippen LogP contribution in [0, 0.1) is 23.2 Å². The second-order valence-corrected chi connectivity index (χ2v) is 6.05. The van der Waals surface area contributed by atoms with Gasteiger partial charge in [0.05, 0.1) is 6.20 Å². The van der Waals surface area contributed by atoms with Gasteiger partial charge in [0.1, 0.15) is 24.4 Å². The van der Waals surface area contributed by atoms with Crippen LogP contribution in [-0.2, 0) is 9.53 Å². The first-order chi connectivity index (χ1) is 10.1. The first-order valence-electron chi connectivity index (χ1n) is 7.16. The molecule has 6 heteroatoms. The number of aromatic nitrogens is 1. The molecule has 0 spiro atoms. The van der Waals surface area contributed by atoms with Crippen molar-refractivity contribution in [3.8, 4) is 5.75 Å². The summed E-state index contributed by atoms with van der Waals surface area (Å²) >= 11 is 0. The fraction of sp³-hybridized carbons (Fsp3) is 0.600. The van der Waals surface area contributed by atoms with Gasteiger partial charge in [-0.25, -0.2) is 8.78 Å². The lowest BCUT2D eigenvalue weighted by molar-refractivity contribution is -0.168. The molecule has 4 fully saturated rings. The van der Waals surface area contributed by atoms with Crippen LogP contribution in [0.2, 0.25) is 0 Å². The number of esters is 1. The molecule has 4 saturated carbocycles. The highest BCUT2D eigenvalue weighted by atomic mass is 19.3. The molecule has 0 aliphatic heterocycles. The number of pyridine rings is 1. The van der Waals surface area contributed by atoms with Crippen molar-refractivity contribution >= 4 is 5.97 Å². The Balaban J connectivity index is 1.32. The summed E-state index contributed by atoms with van der Waals surface area (Å²) in [4.78, 5) is 16.0. The molecule has 5 rings (SSSR count). The number of hydrogen-bond donors (Lipinski definition) is 0. The second-order valence-electron chi connectivity index (χ2n) is 6.05. The van der Waals surface area contributed by atoms with E-state index in [0.29, 0.717) is 18.6 Å². The van der Waals surface area contributed by atoms with Crippen LogP contribution >= 0.6 is 0 Å².